The second-order valence-corrected chi connectivity index (χ2v) is 9.98. The van der Waals surface area contributed by atoms with E-state index < -0.39 is 10.0 Å². The Morgan fingerprint density at radius 2 is 1.71 bits per heavy atom. The lowest BCUT2D eigenvalue weighted by Crippen LogP contribution is -2.22. The number of hydrogen-bond donors (Lipinski definition) is 2. The van der Waals surface area contributed by atoms with Crippen molar-refractivity contribution in [2.45, 2.75) is 11.4 Å². The van der Waals surface area contributed by atoms with Crippen molar-refractivity contribution < 1.29 is 17.9 Å². The lowest BCUT2D eigenvalue weighted by Gasteiger charge is -2.09. The molecule has 1 aromatic heterocycles. The van der Waals surface area contributed by atoms with Gasteiger partial charge in [-0.3, -0.25) is 9.52 Å². The van der Waals surface area contributed by atoms with Gasteiger partial charge in [0, 0.05) is 16.1 Å². The molecule has 0 unspecified atom stereocenters. The van der Waals surface area contributed by atoms with Gasteiger partial charge < -0.3 is 10.1 Å². The molecule has 28 heavy (non-hydrogen) atoms. The van der Waals surface area contributed by atoms with Crippen molar-refractivity contribution in [2.24, 2.45) is 0 Å². The van der Waals surface area contributed by atoms with E-state index in [1.807, 2.05) is 12.1 Å². The first kappa shape index (κ1) is 20.4. The number of anilines is 1. The van der Waals surface area contributed by atoms with E-state index in [4.69, 9.17) is 4.74 Å². The Kier molecular flexibility index (Phi) is 6.38. The first-order valence-electron chi connectivity index (χ1n) is 8.17. The predicted molar refractivity (Wildman–Crippen MR) is 113 cm³/mol. The summed E-state index contributed by atoms with van der Waals surface area (Å²) in [7, 11) is -2.22. The van der Waals surface area contributed by atoms with Crippen LogP contribution in [0.5, 0.6) is 5.75 Å². The number of nitrogens with one attached hydrogen (secondary N) is 2. The molecule has 6 nitrogen and oxygen atoms in total. The summed E-state index contributed by atoms with van der Waals surface area (Å²) in [6, 6.07) is 16.2. The Hall–Kier alpha value is -2.36. The maximum absolute atomic E-state index is 12.5. The predicted octanol–water partition coefficient (Wildman–Crippen LogP) is 4.25. The first-order chi connectivity index (χ1) is 13.4. The molecule has 2 aromatic carbocycles. The molecule has 9 heteroatoms. The van der Waals surface area contributed by atoms with Crippen molar-refractivity contribution in [3.8, 4) is 5.75 Å². The Morgan fingerprint density at radius 1 is 1.04 bits per heavy atom. The number of carbonyl (C=O) groups is 1. The van der Waals surface area contributed by atoms with E-state index in [1.54, 1.807) is 35.6 Å². The average Bonchev–Trinajstić information content (AvgIpc) is 3.12. The molecule has 0 spiro atoms. The Labute approximate surface area is 175 Å². The average molecular weight is 481 g/mol. The van der Waals surface area contributed by atoms with E-state index in [0.717, 1.165) is 8.66 Å². The lowest BCUT2D eigenvalue weighted by molar-refractivity contribution is 0.0951. The quantitative estimate of drug-likeness (QED) is 0.529. The van der Waals surface area contributed by atoms with Crippen LogP contribution in [0.15, 0.2) is 69.3 Å². The first-order valence-corrected chi connectivity index (χ1v) is 11.3. The topological polar surface area (TPSA) is 84.5 Å². The van der Waals surface area contributed by atoms with Crippen LogP contribution in [0.4, 0.5) is 5.69 Å². The molecule has 0 saturated heterocycles. The lowest BCUT2D eigenvalue weighted by atomic mass is 10.2. The van der Waals surface area contributed by atoms with Crippen molar-refractivity contribution in [3.05, 3.63) is 74.9 Å². The van der Waals surface area contributed by atoms with Gasteiger partial charge in [0.2, 0.25) is 0 Å². The van der Waals surface area contributed by atoms with Gasteiger partial charge in [0.05, 0.1) is 22.3 Å². The number of thiophene rings is 1. The van der Waals surface area contributed by atoms with Crippen LogP contribution in [0.25, 0.3) is 0 Å². The molecule has 1 heterocycles. The minimum Gasteiger partial charge on any atom is -0.497 e. The summed E-state index contributed by atoms with van der Waals surface area (Å²) >= 11 is 4.92. The number of ether oxygens (including phenoxy) is 1. The van der Waals surface area contributed by atoms with Gasteiger partial charge in [-0.1, -0.05) is 0 Å². The van der Waals surface area contributed by atoms with Crippen molar-refractivity contribution in [1.82, 2.24) is 5.32 Å². The van der Waals surface area contributed by atoms with Crippen molar-refractivity contribution >= 4 is 48.9 Å². The molecule has 0 saturated carbocycles. The molecular weight excluding hydrogens is 464 g/mol. The maximum atomic E-state index is 12.5. The van der Waals surface area contributed by atoms with Gasteiger partial charge in [-0.2, -0.15) is 0 Å². The molecule has 146 valence electrons. The SMILES string of the molecule is COc1ccc(NS(=O)(=O)c2ccc(C(=O)NCc3ccc(Br)s3)cc2)cc1. The Morgan fingerprint density at radius 3 is 2.29 bits per heavy atom. The number of sulfonamides is 1. The van der Waals surface area contributed by atoms with Gasteiger partial charge in [0.25, 0.3) is 15.9 Å². The summed E-state index contributed by atoms with van der Waals surface area (Å²) in [5.74, 6) is 0.366. The fourth-order valence-electron chi connectivity index (χ4n) is 2.37. The third-order valence-corrected chi connectivity index (χ3v) is 6.84. The van der Waals surface area contributed by atoms with E-state index in [-0.39, 0.29) is 10.8 Å². The van der Waals surface area contributed by atoms with Crippen molar-refractivity contribution in [3.63, 3.8) is 0 Å². The van der Waals surface area contributed by atoms with Gasteiger partial charge in [0.15, 0.2) is 0 Å². The van der Waals surface area contributed by atoms with Gasteiger partial charge >= 0.3 is 0 Å². The fourth-order valence-corrected chi connectivity index (χ4v) is 4.86. The van der Waals surface area contributed by atoms with Crippen LogP contribution in [0.2, 0.25) is 0 Å². The summed E-state index contributed by atoms with van der Waals surface area (Å²) < 4.78 is 33.6. The molecule has 2 N–H and O–H groups in total. The van der Waals surface area contributed by atoms with Gasteiger partial charge in [-0.25, -0.2) is 8.42 Å². The number of hydrogen-bond acceptors (Lipinski definition) is 5. The molecule has 0 radical (unpaired) electrons. The van der Waals surface area contributed by atoms with E-state index in [0.29, 0.717) is 23.5 Å². The summed E-state index contributed by atoms with van der Waals surface area (Å²) in [6.07, 6.45) is 0. The second kappa shape index (κ2) is 8.76. The molecule has 0 bridgehead atoms. The van der Waals surface area contributed by atoms with Crippen molar-refractivity contribution in [2.75, 3.05) is 11.8 Å². The highest BCUT2D eigenvalue weighted by molar-refractivity contribution is 9.11. The molecule has 0 aliphatic rings. The molecule has 3 aromatic rings. The van der Waals surface area contributed by atoms with E-state index >= 15 is 0 Å². The molecule has 1 amide bonds. The monoisotopic (exact) mass is 480 g/mol. The highest BCUT2D eigenvalue weighted by atomic mass is 79.9. The number of amides is 1. The summed E-state index contributed by atoms with van der Waals surface area (Å²) in [4.78, 5) is 13.3. The van der Waals surface area contributed by atoms with Crippen LogP contribution >= 0.6 is 27.3 Å². The third kappa shape index (κ3) is 5.12. The van der Waals surface area contributed by atoms with Gasteiger partial charge in [-0.05, 0) is 76.6 Å². The molecular formula is C19H17BrN2O4S2. The van der Waals surface area contributed by atoms with E-state index in [9.17, 15) is 13.2 Å². The zero-order chi connectivity index (χ0) is 20.1. The number of benzene rings is 2. The zero-order valence-electron chi connectivity index (χ0n) is 14.8. The van der Waals surface area contributed by atoms with Crippen LogP contribution in [-0.4, -0.2) is 21.4 Å². The standard InChI is InChI=1S/C19H17BrN2O4S2/c1-26-15-6-4-14(5-7-15)22-28(24,25)17-9-2-13(3-10-17)19(23)21-12-16-8-11-18(20)27-16/h2-11,22H,12H2,1H3,(H,21,23). The molecule has 0 fully saturated rings. The Balaban J connectivity index is 1.65. The largest absolute Gasteiger partial charge is 0.497 e. The van der Waals surface area contributed by atoms with Crippen LogP contribution in [0, 0.1) is 0 Å². The highest BCUT2D eigenvalue weighted by Gasteiger charge is 2.15. The Bertz CT molecular complexity index is 1060. The van der Waals surface area contributed by atoms with E-state index in [2.05, 4.69) is 26.0 Å². The van der Waals surface area contributed by atoms with Crippen LogP contribution < -0.4 is 14.8 Å². The maximum Gasteiger partial charge on any atom is 0.261 e. The number of rotatable bonds is 7. The molecule has 3 rings (SSSR count). The minimum atomic E-state index is -3.75. The fraction of sp³-hybridized carbons (Fsp3) is 0.105. The van der Waals surface area contributed by atoms with Crippen LogP contribution in [0.1, 0.15) is 15.2 Å². The highest BCUT2D eigenvalue weighted by Crippen LogP contribution is 2.22. The second-order valence-electron chi connectivity index (χ2n) is 5.75. The normalized spacial score (nSPS) is 11.1. The summed E-state index contributed by atoms with van der Waals surface area (Å²) in [5, 5.41) is 2.81. The van der Waals surface area contributed by atoms with Crippen molar-refractivity contribution in [1.29, 1.82) is 0 Å². The van der Waals surface area contributed by atoms with Crippen LogP contribution in [-0.2, 0) is 16.6 Å². The summed E-state index contributed by atoms with van der Waals surface area (Å²) in [6.45, 7) is 0.411. The number of methoxy groups -OCH3 is 1. The summed E-state index contributed by atoms with van der Waals surface area (Å²) in [5.41, 5.74) is 0.809. The number of halogens is 1. The molecule has 0 aliphatic heterocycles. The molecule has 0 aliphatic carbocycles. The van der Waals surface area contributed by atoms with E-state index in [1.165, 1.54) is 31.4 Å². The minimum absolute atomic E-state index is 0.0713. The zero-order valence-corrected chi connectivity index (χ0v) is 18.0. The number of carbonyl (C=O) groups excluding carboxylic acids is 1. The molecule has 0 atom stereocenters. The smallest absolute Gasteiger partial charge is 0.261 e. The van der Waals surface area contributed by atoms with Gasteiger partial charge in [0.1, 0.15) is 5.75 Å². The van der Waals surface area contributed by atoms with Gasteiger partial charge in [-0.15, -0.1) is 11.3 Å². The van der Waals surface area contributed by atoms with Crippen LogP contribution in [0.3, 0.4) is 0 Å². The third-order valence-electron chi connectivity index (χ3n) is 3.82.